The molecule has 0 bridgehead atoms. The highest BCUT2D eigenvalue weighted by molar-refractivity contribution is 7.86. The third kappa shape index (κ3) is 5.53. The average Bonchev–Trinajstić information content (AvgIpc) is 2.88. The third-order valence-electron chi connectivity index (χ3n) is 3.74. The quantitative estimate of drug-likeness (QED) is 0.319. The Bertz CT molecular complexity index is 1010. The standard InChI is InChI=1S/C16H19N3O9S/c1-5-10-6-19(16(22)18-14(10)17)15-13(26-9(3)21)12(28-29(4,23)24)11(27-15)7-25-8(2)20/h1,6,11-13,15H,7H2,2-4H3,(H2,17,18,22)/t11-,12+,13-,15-/m1/s1. The zero-order valence-corrected chi connectivity index (χ0v) is 16.5. The number of nitrogen functional groups attached to an aromatic ring is 1. The van der Waals surface area contributed by atoms with Gasteiger partial charge in [-0.1, -0.05) is 5.92 Å². The van der Waals surface area contributed by atoms with E-state index in [9.17, 15) is 22.8 Å². The Labute approximate surface area is 166 Å². The predicted molar refractivity (Wildman–Crippen MR) is 96.7 cm³/mol. The van der Waals surface area contributed by atoms with Crippen LogP contribution in [0.5, 0.6) is 0 Å². The van der Waals surface area contributed by atoms with Crippen LogP contribution in [0.15, 0.2) is 11.0 Å². The average molecular weight is 429 g/mol. The summed E-state index contributed by atoms with van der Waals surface area (Å²) >= 11 is 0. The second-order valence-corrected chi connectivity index (χ2v) is 7.68. The number of carbonyl (C=O) groups is 2. The first-order valence-corrected chi connectivity index (χ1v) is 9.94. The van der Waals surface area contributed by atoms with Gasteiger partial charge in [-0.3, -0.25) is 18.3 Å². The molecule has 1 aliphatic rings. The molecule has 1 aromatic heterocycles. The van der Waals surface area contributed by atoms with Crippen LogP contribution in [0, 0.1) is 12.3 Å². The number of carbonyl (C=O) groups excluding carboxylic acids is 2. The number of rotatable bonds is 6. The Balaban J connectivity index is 2.54. The lowest BCUT2D eigenvalue weighted by atomic mass is 10.1. The van der Waals surface area contributed by atoms with Crippen LogP contribution in [-0.4, -0.2) is 61.1 Å². The lowest BCUT2D eigenvalue weighted by Gasteiger charge is -2.23. The summed E-state index contributed by atoms with van der Waals surface area (Å²) in [4.78, 5) is 38.7. The van der Waals surface area contributed by atoms with Crippen molar-refractivity contribution < 1.29 is 36.4 Å². The van der Waals surface area contributed by atoms with Crippen molar-refractivity contribution in [2.75, 3.05) is 18.6 Å². The zero-order chi connectivity index (χ0) is 21.9. The minimum atomic E-state index is -4.05. The first-order chi connectivity index (χ1) is 13.4. The van der Waals surface area contributed by atoms with Gasteiger partial charge in [0, 0.05) is 20.0 Å². The molecule has 1 aromatic rings. The van der Waals surface area contributed by atoms with Gasteiger partial charge < -0.3 is 19.9 Å². The smallest absolute Gasteiger partial charge is 0.351 e. The number of nitrogens with zero attached hydrogens (tertiary/aromatic N) is 2. The van der Waals surface area contributed by atoms with E-state index >= 15 is 0 Å². The van der Waals surface area contributed by atoms with Crippen molar-refractivity contribution in [1.82, 2.24) is 9.55 Å². The SMILES string of the molecule is C#Cc1cn([C@@H]2O[C@H](COC(C)=O)[C@H](OS(C)(=O)=O)[C@H]2OC(C)=O)c(=O)nc1N. The van der Waals surface area contributed by atoms with E-state index in [1.807, 2.05) is 0 Å². The summed E-state index contributed by atoms with van der Waals surface area (Å²) in [5.74, 6) is 0.573. The molecule has 0 aromatic carbocycles. The van der Waals surface area contributed by atoms with Crippen molar-refractivity contribution in [3.63, 3.8) is 0 Å². The van der Waals surface area contributed by atoms with Crippen molar-refractivity contribution in [2.24, 2.45) is 0 Å². The van der Waals surface area contributed by atoms with E-state index in [0.29, 0.717) is 0 Å². The number of aromatic nitrogens is 2. The largest absolute Gasteiger partial charge is 0.463 e. The molecule has 0 spiro atoms. The first-order valence-electron chi connectivity index (χ1n) is 8.12. The lowest BCUT2D eigenvalue weighted by Crippen LogP contribution is -2.42. The monoisotopic (exact) mass is 429 g/mol. The molecule has 158 valence electrons. The summed E-state index contributed by atoms with van der Waals surface area (Å²) in [6.07, 6.45) is 1.86. The molecule has 2 heterocycles. The second kappa shape index (κ2) is 8.60. The van der Waals surface area contributed by atoms with Gasteiger partial charge in [-0.15, -0.1) is 6.42 Å². The fraction of sp³-hybridized carbons (Fsp3) is 0.500. The Kier molecular flexibility index (Phi) is 6.62. The van der Waals surface area contributed by atoms with Gasteiger partial charge in [0.05, 0.1) is 11.8 Å². The molecule has 2 rings (SSSR count). The number of hydrogen-bond donors (Lipinski definition) is 1. The van der Waals surface area contributed by atoms with Crippen LogP contribution in [0.25, 0.3) is 0 Å². The van der Waals surface area contributed by atoms with Crippen molar-refractivity contribution in [3.05, 3.63) is 22.2 Å². The van der Waals surface area contributed by atoms with E-state index in [1.165, 1.54) is 0 Å². The molecule has 0 aliphatic carbocycles. The Hall–Kier alpha value is -2.95. The Morgan fingerprint density at radius 2 is 2.00 bits per heavy atom. The van der Waals surface area contributed by atoms with Crippen LogP contribution >= 0.6 is 0 Å². The van der Waals surface area contributed by atoms with Gasteiger partial charge in [-0.25, -0.2) is 4.79 Å². The summed E-state index contributed by atoms with van der Waals surface area (Å²) in [6, 6.07) is 0. The molecule has 12 nitrogen and oxygen atoms in total. The number of terminal acetylenes is 1. The number of ether oxygens (including phenoxy) is 3. The van der Waals surface area contributed by atoms with Crippen LogP contribution in [0.3, 0.4) is 0 Å². The van der Waals surface area contributed by atoms with Crippen molar-refractivity contribution in [2.45, 2.75) is 38.4 Å². The normalized spacial score (nSPS) is 23.9. The topological polar surface area (TPSA) is 166 Å². The second-order valence-electron chi connectivity index (χ2n) is 6.08. The maximum atomic E-state index is 12.3. The van der Waals surface area contributed by atoms with Crippen molar-refractivity contribution >= 4 is 27.9 Å². The van der Waals surface area contributed by atoms with Gasteiger partial charge in [0.2, 0.25) is 0 Å². The van der Waals surface area contributed by atoms with E-state index in [4.69, 9.17) is 30.6 Å². The van der Waals surface area contributed by atoms with Gasteiger partial charge in [0.1, 0.15) is 24.6 Å². The highest BCUT2D eigenvalue weighted by Crippen LogP contribution is 2.34. The van der Waals surface area contributed by atoms with Crippen LogP contribution in [0.2, 0.25) is 0 Å². The third-order valence-corrected chi connectivity index (χ3v) is 4.31. The van der Waals surface area contributed by atoms with Crippen LogP contribution in [0.1, 0.15) is 25.6 Å². The number of anilines is 1. The lowest BCUT2D eigenvalue weighted by molar-refractivity contribution is -0.155. The molecule has 0 radical (unpaired) electrons. The van der Waals surface area contributed by atoms with Crippen LogP contribution < -0.4 is 11.4 Å². The van der Waals surface area contributed by atoms with Gasteiger partial charge >= 0.3 is 17.6 Å². The van der Waals surface area contributed by atoms with E-state index in [1.54, 1.807) is 0 Å². The molecule has 0 unspecified atom stereocenters. The van der Waals surface area contributed by atoms with E-state index in [-0.39, 0.29) is 11.4 Å². The van der Waals surface area contributed by atoms with Gasteiger partial charge in [-0.2, -0.15) is 13.4 Å². The number of hydrogen-bond acceptors (Lipinski definition) is 11. The van der Waals surface area contributed by atoms with Crippen molar-refractivity contribution in [3.8, 4) is 12.3 Å². The maximum Gasteiger partial charge on any atom is 0.351 e. The summed E-state index contributed by atoms with van der Waals surface area (Å²) < 4.78 is 45.0. The summed E-state index contributed by atoms with van der Waals surface area (Å²) in [5, 5.41) is 0. The van der Waals surface area contributed by atoms with Crippen LogP contribution in [0.4, 0.5) is 5.82 Å². The fourth-order valence-electron chi connectivity index (χ4n) is 2.68. The maximum absolute atomic E-state index is 12.3. The molecule has 0 amide bonds. The molecule has 1 fully saturated rings. The van der Waals surface area contributed by atoms with Crippen molar-refractivity contribution in [1.29, 1.82) is 0 Å². The molecule has 1 aliphatic heterocycles. The van der Waals surface area contributed by atoms with Gasteiger partial charge in [-0.05, 0) is 0 Å². The molecule has 0 saturated carbocycles. The molecule has 2 N–H and O–H groups in total. The highest BCUT2D eigenvalue weighted by Gasteiger charge is 2.51. The Morgan fingerprint density at radius 3 is 2.52 bits per heavy atom. The number of nitrogens with two attached hydrogens (primary N) is 1. The summed E-state index contributed by atoms with van der Waals surface area (Å²) in [6.45, 7) is 1.78. The minimum Gasteiger partial charge on any atom is -0.463 e. The highest BCUT2D eigenvalue weighted by atomic mass is 32.2. The van der Waals surface area contributed by atoms with Gasteiger partial charge in [0.25, 0.3) is 10.1 Å². The van der Waals surface area contributed by atoms with E-state index in [2.05, 4.69) is 10.9 Å². The Morgan fingerprint density at radius 1 is 1.34 bits per heavy atom. The fourth-order valence-corrected chi connectivity index (χ4v) is 3.31. The first kappa shape index (κ1) is 22.3. The molecule has 29 heavy (non-hydrogen) atoms. The van der Waals surface area contributed by atoms with Crippen LogP contribution in [-0.2, 0) is 38.1 Å². The molecule has 13 heteroatoms. The predicted octanol–water partition coefficient (Wildman–Crippen LogP) is -1.46. The molecular formula is C16H19N3O9S. The number of esters is 2. The molecule has 4 atom stereocenters. The van der Waals surface area contributed by atoms with E-state index in [0.717, 1.165) is 30.9 Å². The van der Waals surface area contributed by atoms with E-state index < -0.39 is 58.9 Å². The van der Waals surface area contributed by atoms with Gasteiger partial charge in [0.15, 0.2) is 12.3 Å². The molecular weight excluding hydrogens is 410 g/mol. The minimum absolute atomic E-state index is 0.0544. The summed E-state index contributed by atoms with van der Waals surface area (Å²) in [5.41, 5.74) is 4.74. The molecule has 1 saturated heterocycles. The zero-order valence-electron chi connectivity index (χ0n) is 15.7. The summed E-state index contributed by atoms with van der Waals surface area (Å²) in [7, 11) is -4.05.